The van der Waals surface area contributed by atoms with Crippen molar-refractivity contribution in [2.45, 2.75) is 52.4 Å². The van der Waals surface area contributed by atoms with E-state index in [1.165, 1.54) is 32.1 Å². The maximum absolute atomic E-state index is 11.9. The van der Waals surface area contributed by atoms with E-state index in [1.807, 2.05) is 13.8 Å². The Morgan fingerprint density at radius 3 is 2.65 bits per heavy atom. The van der Waals surface area contributed by atoms with Crippen LogP contribution < -0.4 is 5.32 Å². The van der Waals surface area contributed by atoms with Crippen LogP contribution in [0.4, 0.5) is 5.82 Å². The normalized spacial score (nSPS) is 17.1. The molecular formula is C13H21N3O. The van der Waals surface area contributed by atoms with Crippen LogP contribution in [0.1, 0.15) is 49.8 Å². The Kier molecular flexibility index (Phi) is 3.82. The zero-order chi connectivity index (χ0) is 12.3. The van der Waals surface area contributed by atoms with E-state index >= 15 is 0 Å². The third kappa shape index (κ3) is 3.08. The number of rotatable bonds is 3. The molecule has 1 aliphatic carbocycles. The summed E-state index contributed by atoms with van der Waals surface area (Å²) in [6, 6.07) is 0. The molecule has 94 valence electrons. The van der Waals surface area contributed by atoms with Gasteiger partial charge in [0, 0.05) is 17.7 Å². The molecule has 1 aromatic rings. The number of H-pyrrole nitrogens is 1. The molecule has 0 bridgehead atoms. The van der Waals surface area contributed by atoms with Crippen LogP contribution in [0.5, 0.6) is 0 Å². The van der Waals surface area contributed by atoms with Gasteiger partial charge in [0.15, 0.2) is 5.82 Å². The molecule has 0 unspecified atom stereocenters. The van der Waals surface area contributed by atoms with Crippen LogP contribution in [0, 0.1) is 19.8 Å². The molecule has 0 atom stereocenters. The number of carbonyl (C=O) groups is 1. The van der Waals surface area contributed by atoms with Crippen molar-refractivity contribution in [1.82, 2.24) is 10.2 Å². The van der Waals surface area contributed by atoms with Crippen LogP contribution in [-0.2, 0) is 4.79 Å². The summed E-state index contributed by atoms with van der Waals surface area (Å²) < 4.78 is 0. The van der Waals surface area contributed by atoms with Gasteiger partial charge in [-0.2, -0.15) is 5.10 Å². The second-order valence-corrected chi connectivity index (χ2v) is 5.08. The Morgan fingerprint density at radius 2 is 2.06 bits per heavy atom. The first-order chi connectivity index (χ1) is 8.16. The fourth-order valence-corrected chi connectivity index (χ4v) is 2.44. The number of hydrogen-bond donors (Lipinski definition) is 2. The quantitative estimate of drug-likeness (QED) is 0.846. The molecule has 4 heteroatoms. The molecule has 0 radical (unpaired) electrons. The standard InChI is InChI=1S/C13H21N3O/c1-9-10(2)15-16-13(9)14-12(17)8-11-6-4-3-5-7-11/h11H,3-8H2,1-2H3,(H2,14,15,16,17). The summed E-state index contributed by atoms with van der Waals surface area (Å²) in [5, 5.41) is 9.87. The van der Waals surface area contributed by atoms with Crippen molar-refractivity contribution in [2.75, 3.05) is 5.32 Å². The third-order valence-electron chi connectivity index (χ3n) is 3.71. The number of hydrogen-bond acceptors (Lipinski definition) is 2. The molecule has 1 heterocycles. The summed E-state index contributed by atoms with van der Waals surface area (Å²) in [5.41, 5.74) is 2.04. The first-order valence-corrected chi connectivity index (χ1v) is 6.48. The molecule has 1 amide bonds. The monoisotopic (exact) mass is 235 g/mol. The van der Waals surface area contributed by atoms with Crippen LogP contribution >= 0.6 is 0 Å². The molecule has 0 aliphatic heterocycles. The Bertz CT molecular complexity index is 391. The topological polar surface area (TPSA) is 57.8 Å². The lowest BCUT2D eigenvalue weighted by Gasteiger charge is -2.20. The average molecular weight is 235 g/mol. The van der Waals surface area contributed by atoms with E-state index < -0.39 is 0 Å². The highest BCUT2D eigenvalue weighted by Crippen LogP contribution is 2.26. The molecule has 1 aromatic heterocycles. The number of aromatic amines is 1. The van der Waals surface area contributed by atoms with Crippen molar-refractivity contribution >= 4 is 11.7 Å². The Morgan fingerprint density at radius 1 is 1.35 bits per heavy atom. The van der Waals surface area contributed by atoms with Gasteiger partial charge in [0.05, 0.1) is 0 Å². The lowest BCUT2D eigenvalue weighted by atomic mass is 9.87. The van der Waals surface area contributed by atoms with Crippen LogP contribution in [0.2, 0.25) is 0 Å². The first kappa shape index (κ1) is 12.1. The van der Waals surface area contributed by atoms with Gasteiger partial charge < -0.3 is 5.32 Å². The van der Waals surface area contributed by atoms with Crippen molar-refractivity contribution < 1.29 is 4.79 Å². The number of carbonyl (C=O) groups excluding carboxylic acids is 1. The van der Waals surface area contributed by atoms with E-state index in [4.69, 9.17) is 0 Å². The number of nitrogens with one attached hydrogen (secondary N) is 2. The van der Waals surface area contributed by atoms with Crippen LogP contribution in [0.15, 0.2) is 0 Å². The Labute approximate surface area is 102 Å². The maximum atomic E-state index is 11.9. The van der Waals surface area contributed by atoms with Crippen molar-refractivity contribution in [2.24, 2.45) is 5.92 Å². The largest absolute Gasteiger partial charge is 0.309 e. The van der Waals surface area contributed by atoms with Gasteiger partial charge in [0.1, 0.15) is 0 Å². The van der Waals surface area contributed by atoms with Crippen molar-refractivity contribution in [3.63, 3.8) is 0 Å². The fraction of sp³-hybridized carbons (Fsp3) is 0.692. The predicted molar refractivity (Wildman–Crippen MR) is 67.9 cm³/mol. The van der Waals surface area contributed by atoms with Gasteiger partial charge >= 0.3 is 0 Å². The van der Waals surface area contributed by atoms with Crippen molar-refractivity contribution in [1.29, 1.82) is 0 Å². The minimum Gasteiger partial charge on any atom is -0.309 e. The zero-order valence-electron chi connectivity index (χ0n) is 10.7. The zero-order valence-corrected chi connectivity index (χ0v) is 10.7. The molecule has 4 nitrogen and oxygen atoms in total. The molecule has 0 spiro atoms. The lowest BCUT2D eigenvalue weighted by Crippen LogP contribution is -2.18. The first-order valence-electron chi connectivity index (χ1n) is 6.48. The summed E-state index contributed by atoms with van der Waals surface area (Å²) in [5.74, 6) is 1.36. The van der Waals surface area contributed by atoms with Crippen molar-refractivity contribution in [3.8, 4) is 0 Å². The third-order valence-corrected chi connectivity index (χ3v) is 3.71. The molecule has 2 N–H and O–H groups in total. The number of aryl methyl sites for hydroxylation is 1. The number of aromatic nitrogens is 2. The molecular weight excluding hydrogens is 214 g/mol. The van der Waals surface area contributed by atoms with E-state index in [2.05, 4.69) is 15.5 Å². The fourth-order valence-electron chi connectivity index (χ4n) is 2.44. The van der Waals surface area contributed by atoms with Crippen LogP contribution in [0.25, 0.3) is 0 Å². The van der Waals surface area contributed by atoms with E-state index in [9.17, 15) is 4.79 Å². The minimum atomic E-state index is 0.103. The molecule has 2 rings (SSSR count). The van der Waals surface area contributed by atoms with Gasteiger partial charge in [-0.25, -0.2) is 0 Å². The summed E-state index contributed by atoms with van der Waals surface area (Å²) in [4.78, 5) is 11.9. The summed E-state index contributed by atoms with van der Waals surface area (Å²) in [6.07, 6.45) is 6.93. The molecule has 1 saturated carbocycles. The van der Waals surface area contributed by atoms with E-state index in [1.54, 1.807) is 0 Å². The number of amides is 1. The number of anilines is 1. The van der Waals surface area contributed by atoms with Gasteiger partial charge in [-0.3, -0.25) is 9.89 Å². The number of nitrogens with zero attached hydrogens (tertiary/aromatic N) is 1. The van der Waals surface area contributed by atoms with Gasteiger partial charge in [-0.1, -0.05) is 19.3 Å². The van der Waals surface area contributed by atoms with Gasteiger partial charge in [0.25, 0.3) is 0 Å². The average Bonchev–Trinajstić information content (AvgIpc) is 2.62. The second kappa shape index (κ2) is 5.34. The molecule has 0 aromatic carbocycles. The van der Waals surface area contributed by atoms with Crippen molar-refractivity contribution in [3.05, 3.63) is 11.3 Å². The molecule has 1 aliphatic rings. The van der Waals surface area contributed by atoms with Gasteiger partial charge in [0.2, 0.25) is 5.91 Å². The summed E-state index contributed by atoms with van der Waals surface area (Å²) in [7, 11) is 0. The Balaban J connectivity index is 1.86. The van der Waals surface area contributed by atoms with Crippen LogP contribution in [-0.4, -0.2) is 16.1 Å². The maximum Gasteiger partial charge on any atom is 0.225 e. The molecule has 1 fully saturated rings. The predicted octanol–water partition coefficient (Wildman–Crippen LogP) is 2.94. The Hall–Kier alpha value is -1.32. The van der Waals surface area contributed by atoms with Gasteiger partial charge in [-0.05, 0) is 32.6 Å². The highest BCUT2D eigenvalue weighted by atomic mass is 16.1. The molecule has 17 heavy (non-hydrogen) atoms. The summed E-state index contributed by atoms with van der Waals surface area (Å²) in [6.45, 7) is 3.92. The smallest absolute Gasteiger partial charge is 0.225 e. The SMILES string of the molecule is Cc1[nH]nc(NC(=O)CC2CCCCC2)c1C. The van der Waals surface area contributed by atoms with Gasteiger partial charge in [-0.15, -0.1) is 0 Å². The van der Waals surface area contributed by atoms with Crippen LogP contribution in [0.3, 0.4) is 0 Å². The highest BCUT2D eigenvalue weighted by Gasteiger charge is 2.18. The lowest BCUT2D eigenvalue weighted by molar-refractivity contribution is -0.117. The van der Waals surface area contributed by atoms with E-state index in [0.29, 0.717) is 18.2 Å². The summed E-state index contributed by atoms with van der Waals surface area (Å²) >= 11 is 0. The van der Waals surface area contributed by atoms with E-state index in [-0.39, 0.29) is 5.91 Å². The second-order valence-electron chi connectivity index (χ2n) is 5.08. The molecule has 0 saturated heterocycles. The minimum absolute atomic E-state index is 0.103. The highest BCUT2D eigenvalue weighted by molar-refractivity contribution is 5.90. The van der Waals surface area contributed by atoms with E-state index in [0.717, 1.165) is 11.3 Å².